The van der Waals surface area contributed by atoms with Gasteiger partial charge in [0.2, 0.25) is 5.91 Å². The van der Waals surface area contributed by atoms with Gasteiger partial charge >= 0.3 is 5.97 Å². The summed E-state index contributed by atoms with van der Waals surface area (Å²) in [7, 11) is 0. The highest BCUT2D eigenvalue weighted by Gasteiger charge is 2.16. The molecule has 1 atom stereocenters. The molecule has 0 aromatic heterocycles. The summed E-state index contributed by atoms with van der Waals surface area (Å²) < 4.78 is 4.95. The Hall–Kier alpha value is -2.37. The van der Waals surface area contributed by atoms with E-state index in [0.717, 1.165) is 5.56 Å². The molecule has 2 N–H and O–H groups in total. The molecule has 0 heterocycles. The van der Waals surface area contributed by atoms with Crippen LogP contribution in [-0.2, 0) is 14.3 Å². The van der Waals surface area contributed by atoms with E-state index in [1.165, 1.54) is 0 Å². The number of hydrogen-bond donors (Lipinski definition) is 2. The zero-order valence-corrected chi connectivity index (χ0v) is 14.0. The molecule has 0 fully saturated rings. The first-order chi connectivity index (χ1) is 10.8. The van der Waals surface area contributed by atoms with E-state index in [9.17, 15) is 14.4 Å². The fourth-order valence-corrected chi connectivity index (χ4v) is 1.89. The van der Waals surface area contributed by atoms with Gasteiger partial charge in [-0.15, -0.1) is 0 Å². The molecule has 1 rings (SSSR count). The summed E-state index contributed by atoms with van der Waals surface area (Å²) in [5, 5.41) is 5.06. The van der Waals surface area contributed by atoms with Crippen LogP contribution >= 0.6 is 0 Å². The summed E-state index contributed by atoms with van der Waals surface area (Å²) in [5.74, 6) is -0.991. The van der Waals surface area contributed by atoms with Crippen LogP contribution in [0.15, 0.2) is 24.3 Å². The Bertz CT molecular complexity index is 552. The van der Waals surface area contributed by atoms with Crippen molar-refractivity contribution in [3.63, 3.8) is 0 Å². The molecule has 0 spiro atoms. The molecule has 6 heteroatoms. The minimum absolute atomic E-state index is 0.281. The molecule has 0 radical (unpaired) electrons. The largest absolute Gasteiger partial charge is 0.452 e. The number of hydrogen-bond acceptors (Lipinski definition) is 4. The van der Waals surface area contributed by atoms with Crippen molar-refractivity contribution in [3.8, 4) is 0 Å². The molecular formula is C17H24N2O4. The lowest BCUT2D eigenvalue weighted by Crippen LogP contribution is -2.46. The summed E-state index contributed by atoms with van der Waals surface area (Å²) in [4.78, 5) is 35.0. The minimum Gasteiger partial charge on any atom is -0.452 e. The van der Waals surface area contributed by atoms with Gasteiger partial charge in [-0.1, -0.05) is 26.0 Å². The smallest absolute Gasteiger partial charge is 0.338 e. The highest BCUT2D eigenvalue weighted by Crippen LogP contribution is 2.15. The number of amides is 2. The van der Waals surface area contributed by atoms with Gasteiger partial charge in [-0.2, -0.15) is 0 Å². The lowest BCUT2D eigenvalue weighted by Gasteiger charge is -2.13. The fourth-order valence-electron chi connectivity index (χ4n) is 1.89. The van der Waals surface area contributed by atoms with Crippen LogP contribution in [-0.4, -0.2) is 37.0 Å². The summed E-state index contributed by atoms with van der Waals surface area (Å²) in [6.45, 7) is 7.55. The lowest BCUT2D eigenvalue weighted by atomic mass is 10.0. The third-order valence-electron chi connectivity index (χ3n) is 3.27. The van der Waals surface area contributed by atoms with Crippen LogP contribution in [0.3, 0.4) is 0 Å². The van der Waals surface area contributed by atoms with E-state index >= 15 is 0 Å². The van der Waals surface area contributed by atoms with Crippen molar-refractivity contribution in [1.29, 1.82) is 0 Å². The van der Waals surface area contributed by atoms with Crippen LogP contribution in [0.2, 0.25) is 0 Å². The molecule has 2 amide bonds. The van der Waals surface area contributed by atoms with E-state index in [4.69, 9.17) is 4.74 Å². The second-order valence-corrected chi connectivity index (χ2v) is 5.54. The Kier molecular flexibility index (Phi) is 7.25. The molecule has 0 saturated heterocycles. The molecular weight excluding hydrogens is 296 g/mol. The maximum absolute atomic E-state index is 11.9. The summed E-state index contributed by atoms with van der Waals surface area (Å²) in [6.07, 6.45) is 0. The van der Waals surface area contributed by atoms with Gasteiger partial charge in [-0.3, -0.25) is 9.59 Å². The van der Waals surface area contributed by atoms with Crippen molar-refractivity contribution in [1.82, 2.24) is 10.6 Å². The zero-order chi connectivity index (χ0) is 17.4. The van der Waals surface area contributed by atoms with E-state index in [1.54, 1.807) is 26.0 Å². The first-order valence-electron chi connectivity index (χ1n) is 7.69. The maximum Gasteiger partial charge on any atom is 0.338 e. The van der Waals surface area contributed by atoms with Crippen molar-refractivity contribution < 1.29 is 19.1 Å². The Morgan fingerprint density at radius 2 is 1.70 bits per heavy atom. The summed E-state index contributed by atoms with van der Waals surface area (Å²) in [6, 6.07) is 6.39. The van der Waals surface area contributed by atoms with Gasteiger partial charge in [0.05, 0.1) is 5.56 Å². The molecule has 0 aliphatic carbocycles. The maximum atomic E-state index is 11.9. The number of carbonyl (C=O) groups is 3. The molecule has 0 aliphatic heterocycles. The fraction of sp³-hybridized carbons (Fsp3) is 0.471. The van der Waals surface area contributed by atoms with Crippen molar-refractivity contribution in [2.24, 2.45) is 0 Å². The predicted octanol–water partition coefficient (Wildman–Crippen LogP) is 1.61. The second kappa shape index (κ2) is 8.92. The minimum atomic E-state index is -0.675. The molecule has 0 bridgehead atoms. The molecule has 6 nitrogen and oxygen atoms in total. The summed E-state index contributed by atoms with van der Waals surface area (Å²) in [5.41, 5.74) is 1.51. The highest BCUT2D eigenvalue weighted by molar-refractivity contribution is 5.92. The topological polar surface area (TPSA) is 84.5 Å². The first-order valence-corrected chi connectivity index (χ1v) is 7.69. The van der Waals surface area contributed by atoms with Crippen LogP contribution in [0.1, 0.15) is 49.5 Å². The van der Waals surface area contributed by atoms with Gasteiger partial charge in [0, 0.05) is 6.54 Å². The van der Waals surface area contributed by atoms with E-state index < -0.39 is 24.5 Å². The standard InChI is InChI=1S/C17H24N2O4/c1-5-18-16(21)12(4)19-15(20)10-23-17(22)14-8-6-13(7-9-14)11(2)3/h6-9,11-12H,5,10H2,1-4H3,(H,18,21)(H,19,20)/t12-/m1/s1. The van der Waals surface area contributed by atoms with E-state index in [0.29, 0.717) is 18.0 Å². The first kappa shape index (κ1) is 18.7. The second-order valence-electron chi connectivity index (χ2n) is 5.54. The van der Waals surface area contributed by atoms with Gasteiger partial charge in [-0.05, 0) is 37.5 Å². The zero-order valence-electron chi connectivity index (χ0n) is 14.0. The third kappa shape index (κ3) is 6.10. The average molecular weight is 320 g/mol. The van der Waals surface area contributed by atoms with Gasteiger partial charge in [0.25, 0.3) is 5.91 Å². The van der Waals surface area contributed by atoms with Gasteiger partial charge in [0.15, 0.2) is 6.61 Å². The Morgan fingerprint density at radius 3 is 2.22 bits per heavy atom. The number of rotatable bonds is 7. The van der Waals surface area contributed by atoms with E-state index in [-0.39, 0.29) is 5.91 Å². The van der Waals surface area contributed by atoms with Crippen molar-refractivity contribution >= 4 is 17.8 Å². The van der Waals surface area contributed by atoms with E-state index in [2.05, 4.69) is 24.5 Å². The van der Waals surface area contributed by atoms with Gasteiger partial charge < -0.3 is 15.4 Å². The number of carbonyl (C=O) groups excluding carboxylic acids is 3. The number of nitrogens with one attached hydrogen (secondary N) is 2. The lowest BCUT2D eigenvalue weighted by molar-refractivity contribution is -0.130. The molecule has 126 valence electrons. The van der Waals surface area contributed by atoms with Gasteiger partial charge in [-0.25, -0.2) is 4.79 Å². The Balaban J connectivity index is 2.46. The van der Waals surface area contributed by atoms with Crippen molar-refractivity contribution in [2.75, 3.05) is 13.2 Å². The average Bonchev–Trinajstić information content (AvgIpc) is 2.52. The van der Waals surface area contributed by atoms with Gasteiger partial charge in [0.1, 0.15) is 6.04 Å². The number of ether oxygens (including phenoxy) is 1. The Morgan fingerprint density at radius 1 is 1.09 bits per heavy atom. The third-order valence-corrected chi connectivity index (χ3v) is 3.27. The number of likely N-dealkylation sites (N-methyl/N-ethyl adjacent to an activating group) is 1. The Labute approximate surface area is 136 Å². The van der Waals surface area contributed by atoms with E-state index in [1.807, 2.05) is 12.1 Å². The van der Waals surface area contributed by atoms with Crippen molar-refractivity contribution in [2.45, 2.75) is 39.7 Å². The number of benzene rings is 1. The van der Waals surface area contributed by atoms with Crippen molar-refractivity contribution in [3.05, 3.63) is 35.4 Å². The van der Waals surface area contributed by atoms with Crippen LogP contribution in [0.5, 0.6) is 0 Å². The SMILES string of the molecule is CCNC(=O)[C@@H](C)NC(=O)COC(=O)c1ccc(C(C)C)cc1. The molecule has 1 aromatic carbocycles. The van der Waals surface area contributed by atoms with Crippen LogP contribution in [0.4, 0.5) is 0 Å². The molecule has 0 unspecified atom stereocenters. The molecule has 0 saturated carbocycles. The quantitative estimate of drug-likeness (QED) is 0.748. The summed E-state index contributed by atoms with van der Waals surface area (Å²) >= 11 is 0. The highest BCUT2D eigenvalue weighted by atomic mass is 16.5. The van der Waals surface area contributed by atoms with Crippen LogP contribution in [0.25, 0.3) is 0 Å². The molecule has 1 aromatic rings. The molecule has 23 heavy (non-hydrogen) atoms. The van der Waals surface area contributed by atoms with Crippen LogP contribution < -0.4 is 10.6 Å². The molecule has 0 aliphatic rings. The normalized spacial score (nSPS) is 11.7. The number of esters is 1. The monoisotopic (exact) mass is 320 g/mol. The predicted molar refractivity (Wildman–Crippen MR) is 87.1 cm³/mol. The van der Waals surface area contributed by atoms with Crippen LogP contribution in [0, 0.1) is 0 Å².